The highest BCUT2D eigenvalue weighted by atomic mass is 16.4. The van der Waals surface area contributed by atoms with Crippen molar-refractivity contribution in [1.82, 2.24) is 0 Å². The van der Waals surface area contributed by atoms with E-state index >= 15 is 0 Å². The standard InChI is InChI=1S/C10H11NO2/c12-10(13)8-11-7-6-9-4-2-1-3-5-9/h1-5,7H,6,8H2,(H,12,13). The zero-order valence-electron chi connectivity index (χ0n) is 7.18. The highest BCUT2D eigenvalue weighted by Crippen LogP contribution is 1.97. The van der Waals surface area contributed by atoms with E-state index in [-0.39, 0.29) is 6.54 Å². The van der Waals surface area contributed by atoms with Crippen LogP contribution in [-0.4, -0.2) is 23.8 Å². The Morgan fingerprint density at radius 3 is 2.69 bits per heavy atom. The number of benzene rings is 1. The average molecular weight is 177 g/mol. The molecular formula is C10H11NO2. The van der Waals surface area contributed by atoms with Gasteiger partial charge in [0.1, 0.15) is 6.54 Å². The van der Waals surface area contributed by atoms with Gasteiger partial charge in [0, 0.05) is 12.6 Å². The van der Waals surface area contributed by atoms with Crippen molar-refractivity contribution in [2.75, 3.05) is 6.54 Å². The van der Waals surface area contributed by atoms with Crippen LogP contribution in [0.1, 0.15) is 5.56 Å². The van der Waals surface area contributed by atoms with Crippen molar-refractivity contribution in [2.45, 2.75) is 6.42 Å². The Morgan fingerprint density at radius 1 is 1.38 bits per heavy atom. The fourth-order valence-electron chi connectivity index (χ4n) is 0.927. The third-order valence-electron chi connectivity index (χ3n) is 1.53. The molecule has 13 heavy (non-hydrogen) atoms. The third kappa shape index (κ3) is 4.06. The molecule has 0 radical (unpaired) electrons. The Morgan fingerprint density at radius 2 is 2.08 bits per heavy atom. The van der Waals surface area contributed by atoms with Crippen molar-refractivity contribution in [3.63, 3.8) is 0 Å². The lowest BCUT2D eigenvalue weighted by atomic mass is 10.2. The minimum atomic E-state index is -0.899. The summed E-state index contributed by atoms with van der Waals surface area (Å²) in [5.74, 6) is -0.899. The first-order chi connectivity index (χ1) is 6.29. The normalized spacial score (nSPS) is 10.5. The molecule has 0 fully saturated rings. The van der Waals surface area contributed by atoms with Gasteiger partial charge in [0.15, 0.2) is 0 Å². The van der Waals surface area contributed by atoms with Crippen molar-refractivity contribution < 1.29 is 9.90 Å². The lowest BCUT2D eigenvalue weighted by molar-refractivity contribution is -0.135. The summed E-state index contributed by atoms with van der Waals surface area (Å²) < 4.78 is 0. The molecule has 1 aromatic rings. The Hall–Kier alpha value is -1.64. The molecule has 1 rings (SSSR count). The van der Waals surface area contributed by atoms with E-state index in [2.05, 4.69) is 4.99 Å². The number of hydrogen-bond donors (Lipinski definition) is 1. The molecule has 0 spiro atoms. The van der Waals surface area contributed by atoms with Gasteiger partial charge < -0.3 is 5.11 Å². The number of carboxylic acids is 1. The molecule has 0 aromatic heterocycles. The molecule has 1 N–H and O–H groups in total. The average Bonchev–Trinajstić information content (AvgIpc) is 2.14. The number of carboxylic acid groups (broad SMARTS) is 1. The molecule has 0 aliphatic carbocycles. The van der Waals surface area contributed by atoms with Gasteiger partial charge in [-0.3, -0.25) is 9.79 Å². The second kappa shape index (κ2) is 5.09. The second-order valence-corrected chi connectivity index (χ2v) is 2.61. The quantitative estimate of drug-likeness (QED) is 0.706. The first-order valence-corrected chi connectivity index (χ1v) is 4.03. The predicted molar refractivity (Wildman–Crippen MR) is 51.1 cm³/mol. The smallest absolute Gasteiger partial charge is 0.325 e. The van der Waals surface area contributed by atoms with Gasteiger partial charge in [-0.25, -0.2) is 0 Å². The number of hydrogen-bond acceptors (Lipinski definition) is 2. The molecule has 3 heteroatoms. The van der Waals surface area contributed by atoms with Crippen molar-refractivity contribution in [2.24, 2.45) is 4.99 Å². The SMILES string of the molecule is O=C(O)CN=CCc1ccccc1. The monoisotopic (exact) mass is 177 g/mol. The molecule has 1 aromatic carbocycles. The predicted octanol–water partition coefficient (Wildman–Crippen LogP) is 1.38. The lowest BCUT2D eigenvalue weighted by Gasteiger charge is -1.92. The molecule has 0 saturated carbocycles. The summed E-state index contributed by atoms with van der Waals surface area (Å²) in [4.78, 5) is 13.8. The minimum Gasteiger partial charge on any atom is -0.480 e. The van der Waals surface area contributed by atoms with Crippen molar-refractivity contribution in [1.29, 1.82) is 0 Å². The molecule has 3 nitrogen and oxygen atoms in total. The number of rotatable bonds is 4. The van der Waals surface area contributed by atoms with Gasteiger partial charge in [-0.1, -0.05) is 30.3 Å². The zero-order valence-corrected chi connectivity index (χ0v) is 7.18. The zero-order chi connectivity index (χ0) is 9.52. The van der Waals surface area contributed by atoms with Gasteiger partial charge in [-0.2, -0.15) is 0 Å². The summed E-state index contributed by atoms with van der Waals surface area (Å²) >= 11 is 0. The maximum Gasteiger partial charge on any atom is 0.325 e. The van der Waals surface area contributed by atoms with E-state index in [4.69, 9.17) is 5.11 Å². The first kappa shape index (κ1) is 9.45. The van der Waals surface area contributed by atoms with Gasteiger partial charge in [0.05, 0.1) is 0 Å². The number of aliphatic carboxylic acids is 1. The van der Waals surface area contributed by atoms with Crippen LogP contribution in [0, 0.1) is 0 Å². The van der Waals surface area contributed by atoms with Gasteiger partial charge in [-0.05, 0) is 5.56 Å². The fourth-order valence-corrected chi connectivity index (χ4v) is 0.927. The van der Waals surface area contributed by atoms with Crippen LogP contribution in [0.15, 0.2) is 35.3 Å². The van der Waals surface area contributed by atoms with E-state index in [1.807, 2.05) is 30.3 Å². The molecule has 0 amide bonds. The van der Waals surface area contributed by atoms with Gasteiger partial charge in [-0.15, -0.1) is 0 Å². The fraction of sp³-hybridized carbons (Fsp3) is 0.200. The maximum absolute atomic E-state index is 10.1. The Kier molecular flexibility index (Phi) is 3.70. The third-order valence-corrected chi connectivity index (χ3v) is 1.53. The summed E-state index contributed by atoms with van der Waals surface area (Å²) in [5, 5.41) is 8.30. The Balaban J connectivity index is 2.35. The molecular weight excluding hydrogens is 166 g/mol. The second-order valence-electron chi connectivity index (χ2n) is 2.61. The summed E-state index contributed by atoms with van der Waals surface area (Å²) in [6, 6.07) is 9.79. The lowest BCUT2D eigenvalue weighted by Crippen LogP contribution is -1.99. The van der Waals surface area contributed by atoms with Crippen molar-refractivity contribution >= 4 is 12.2 Å². The van der Waals surface area contributed by atoms with Crippen LogP contribution in [0.2, 0.25) is 0 Å². The summed E-state index contributed by atoms with van der Waals surface area (Å²) in [5.41, 5.74) is 1.14. The van der Waals surface area contributed by atoms with E-state index in [0.29, 0.717) is 6.42 Å². The van der Waals surface area contributed by atoms with Crippen LogP contribution in [-0.2, 0) is 11.2 Å². The van der Waals surface area contributed by atoms with Gasteiger partial charge in [0.2, 0.25) is 0 Å². The topological polar surface area (TPSA) is 49.7 Å². The molecule has 0 atom stereocenters. The highest BCUT2D eigenvalue weighted by molar-refractivity contribution is 5.72. The Labute approximate surface area is 76.7 Å². The maximum atomic E-state index is 10.1. The molecule has 0 saturated heterocycles. The van der Waals surface area contributed by atoms with E-state index in [0.717, 1.165) is 5.56 Å². The molecule has 68 valence electrons. The molecule has 0 heterocycles. The van der Waals surface area contributed by atoms with Crippen LogP contribution in [0.3, 0.4) is 0 Å². The van der Waals surface area contributed by atoms with Crippen LogP contribution < -0.4 is 0 Å². The molecule has 0 unspecified atom stereocenters. The molecule has 0 aliphatic heterocycles. The first-order valence-electron chi connectivity index (χ1n) is 4.03. The van der Waals surface area contributed by atoms with Crippen LogP contribution in [0.25, 0.3) is 0 Å². The van der Waals surface area contributed by atoms with Crippen LogP contribution >= 0.6 is 0 Å². The van der Waals surface area contributed by atoms with Gasteiger partial charge in [0.25, 0.3) is 0 Å². The van der Waals surface area contributed by atoms with E-state index in [9.17, 15) is 4.79 Å². The van der Waals surface area contributed by atoms with Crippen LogP contribution in [0.4, 0.5) is 0 Å². The van der Waals surface area contributed by atoms with E-state index in [1.165, 1.54) is 0 Å². The number of nitrogens with zero attached hydrogens (tertiary/aromatic N) is 1. The number of carbonyl (C=O) groups is 1. The summed E-state index contributed by atoms with van der Waals surface area (Å²) in [6.07, 6.45) is 2.32. The van der Waals surface area contributed by atoms with Gasteiger partial charge >= 0.3 is 5.97 Å². The van der Waals surface area contributed by atoms with Crippen molar-refractivity contribution in [3.05, 3.63) is 35.9 Å². The molecule has 0 bridgehead atoms. The van der Waals surface area contributed by atoms with Crippen molar-refractivity contribution in [3.8, 4) is 0 Å². The Bertz CT molecular complexity index is 293. The summed E-state index contributed by atoms with van der Waals surface area (Å²) in [7, 11) is 0. The molecule has 0 aliphatic rings. The van der Waals surface area contributed by atoms with E-state index < -0.39 is 5.97 Å². The summed E-state index contributed by atoms with van der Waals surface area (Å²) in [6.45, 7) is -0.146. The van der Waals surface area contributed by atoms with Crippen LogP contribution in [0.5, 0.6) is 0 Å². The largest absolute Gasteiger partial charge is 0.480 e. The minimum absolute atomic E-state index is 0.146. The number of aliphatic imine (C=N–C) groups is 1. The van der Waals surface area contributed by atoms with E-state index in [1.54, 1.807) is 6.21 Å². The highest BCUT2D eigenvalue weighted by Gasteiger charge is 1.90.